The van der Waals surface area contributed by atoms with Gasteiger partial charge in [-0.15, -0.1) is 11.8 Å². The first-order chi connectivity index (χ1) is 30.1. The number of alkyl halides is 3. The number of piperidine rings is 1. The molecule has 0 radical (unpaired) electrons. The molecule has 1 saturated heterocycles. The molecule has 5 aromatic carbocycles. The number of benzene rings is 5. The van der Waals surface area contributed by atoms with Crippen LogP contribution in [-0.4, -0.2) is 70.8 Å². The van der Waals surface area contributed by atoms with Crippen molar-refractivity contribution in [3.63, 3.8) is 0 Å². The minimum atomic E-state index is -6.05. The van der Waals surface area contributed by atoms with Crippen LogP contribution in [0.4, 0.5) is 24.5 Å². The number of halogens is 4. The Morgan fingerprint density at radius 1 is 0.841 bits per heavy atom. The maximum Gasteiger partial charge on any atom is 0.501 e. The number of carbonyl (C=O) groups is 1. The van der Waals surface area contributed by atoms with E-state index in [4.69, 9.17) is 11.6 Å². The Balaban J connectivity index is 1.02. The lowest BCUT2D eigenvalue weighted by atomic mass is 9.84. The summed E-state index contributed by atoms with van der Waals surface area (Å²) >= 11 is 7.54. The van der Waals surface area contributed by atoms with Crippen molar-refractivity contribution in [3.8, 4) is 11.1 Å². The van der Waals surface area contributed by atoms with E-state index in [0.717, 1.165) is 58.7 Å². The van der Waals surface area contributed by atoms with Crippen LogP contribution in [0.5, 0.6) is 0 Å². The summed E-state index contributed by atoms with van der Waals surface area (Å²) in [5.74, 6) is -0.693. The van der Waals surface area contributed by atoms with E-state index in [1.807, 2.05) is 83.6 Å². The van der Waals surface area contributed by atoms with Gasteiger partial charge in [0.05, 0.1) is 16.7 Å². The average molecular weight is 942 g/mol. The third-order valence-corrected chi connectivity index (χ3v) is 15.9. The number of anilines is 2. The van der Waals surface area contributed by atoms with E-state index in [1.165, 1.54) is 23.9 Å². The summed E-state index contributed by atoms with van der Waals surface area (Å²) in [4.78, 5) is 14.2. The molecule has 1 amide bonds. The molecule has 2 fully saturated rings. The van der Waals surface area contributed by atoms with Gasteiger partial charge in [0.15, 0.2) is 0 Å². The Kier molecular flexibility index (Phi) is 14.8. The van der Waals surface area contributed by atoms with E-state index in [-0.39, 0.29) is 11.5 Å². The Morgan fingerprint density at radius 2 is 1.51 bits per heavy atom. The van der Waals surface area contributed by atoms with Crippen LogP contribution in [-0.2, 0) is 19.9 Å². The maximum atomic E-state index is 14.1. The first kappa shape index (κ1) is 46.4. The van der Waals surface area contributed by atoms with Gasteiger partial charge in [-0.3, -0.25) is 4.79 Å². The lowest BCUT2D eigenvalue weighted by Crippen LogP contribution is -2.38. The quantitative estimate of drug-likeness (QED) is 0.0666. The summed E-state index contributed by atoms with van der Waals surface area (Å²) in [7, 11) is -10.9. The molecule has 10 nitrogen and oxygen atoms in total. The van der Waals surface area contributed by atoms with E-state index < -0.39 is 58.9 Å². The molecule has 334 valence electrons. The van der Waals surface area contributed by atoms with Crippen molar-refractivity contribution in [3.05, 3.63) is 137 Å². The minimum absolute atomic E-state index is 0.0135. The monoisotopic (exact) mass is 940 g/mol. The molecule has 1 saturated carbocycles. The predicted octanol–water partition coefficient (Wildman–Crippen LogP) is 9.47. The van der Waals surface area contributed by atoms with Crippen LogP contribution in [0.1, 0.15) is 60.6 Å². The van der Waals surface area contributed by atoms with E-state index in [9.17, 15) is 39.9 Å². The Hall–Kier alpha value is -4.58. The Morgan fingerprint density at radius 3 is 2.16 bits per heavy atom. The van der Waals surface area contributed by atoms with Gasteiger partial charge in [0.2, 0.25) is 0 Å². The molecular weight excluding hydrogens is 893 g/mol. The second-order valence-electron chi connectivity index (χ2n) is 15.8. The number of hydrogen-bond donors (Lipinski definition) is 4. The molecule has 1 heterocycles. The molecule has 5 aromatic rings. The molecule has 2 aliphatic rings. The van der Waals surface area contributed by atoms with Gasteiger partial charge in [0, 0.05) is 52.1 Å². The number of thioether (sulfide) groups is 1. The van der Waals surface area contributed by atoms with Crippen LogP contribution < -0.4 is 20.3 Å². The van der Waals surface area contributed by atoms with Gasteiger partial charge in [0.25, 0.3) is 25.8 Å². The highest BCUT2D eigenvalue weighted by atomic mass is 35.5. The lowest BCUT2D eigenvalue weighted by molar-refractivity contribution is -0.0435. The molecule has 0 spiro atoms. The van der Waals surface area contributed by atoms with Crippen molar-refractivity contribution in [2.75, 3.05) is 35.6 Å². The number of sulfone groups is 1. The lowest BCUT2D eigenvalue weighted by Gasteiger charge is -2.36. The van der Waals surface area contributed by atoms with Gasteiger partial charge in [-0.2, -0.15) is 13.2 Å². The molecule has 1 aliphatic heterocycles. The highest BCUT2D eigenvalue weighted by Gasteiger charge is 2.48. The first-order valence-electron chi connectivity index (χ1n) is 20.7. The summed E-state index contributed by atoms with van der Waals surface area (Å²) in [6, 6.07) is 33.0. The number of carbonyl (C=O) groups excluding carboxylic acids is 1. The van der Waals surface area contributed by atoms with Crippen LogP contribution in [0.15, 0.2) is 136 Å². The van der Waals surface area contributed by atoms with E-state index in [2.05, 4.69) is 15.5 Å². The minimum Gasteiger partial charge on any atom is -0.388 e. The molecule has 0 unspecified atom stereocenters. The summed E-state index contributed by atoms with van der Waals surface area (Å²) in [5.41, 5.74) is -2.70. The second kappa shape index (κ2) is 20.1. The Labute approximate surface area is 375 Å². The van der Waals surface area contributed by atoms with Crippen LogP contribution >= 0.6 is 23.4 Å². The molecular formula is C46H48ClF3N4O6S3. The number of amides is 1. The number of rotatable bonds is 17. The standard InChI is InChI=1S/C46H48ClF3N4O6S3/c47-34-17-13-31(14-18-34)40-11-4-5-12-41(40)44(55)32-24-27-54(28-25-32)37-19-15-33(16-20-37)45(56)53-63(59,60)39-21-22-42(43(29-39)62(57,58)46(48,49)50)52-36(23-26-51-35-7-6-8-35)30-61-38-9-2-1-3-10-38/h1-5,9-22,29,32,35-36,44,51-52,55H,6-8,23-28,30H2,(H,53,56)/t36-,44-/m1/s1. The molecule has 0 aromatic heterocycles. The number of nitrogens with zero attached hydrogens (tertiary/aromatic N) is 1. The number of hydrogen-bond acceptors (Lipinski definition) is 10. The molecule has 7 rings (SSSR count). The smallest absolute Gasteiger partial charge is 0.388 e. The first-order valence-corrected chi connectivity index (χ1v) is 25.0. The van der Waals surface area contributed by atoms with Gasteiger partial charge in [-0.1, -0.05) is 72.6 Å². The predicted molar refractivity (Wildman–Crippen MR) is 242 cm³/mol. The van der Waals surface area contributed by atoms with E-state index in [0.29, 0.717) is 61.8 Å². The molecule has 63 heavy (non-hydrogen) atoms. The number of aliphatic hydroxyl groups is 1. The fraction of sp³-hybridized carbons (Fsp3) is 0.326. The molecule has 2 atom stereocenters. The SMILES string of the molecule is O=C(NS(=O)(=O)c1ccc(N[C@H](CCNC2CCC2)CSc2ccccc2)c(S(=O)(=O)C(F)(F)F)c1)c1ccc(N2CCC([C@@H](O)c3ccccc3-c3ccc(Cl)cc3)CC2)cc1. The number of aliphatic hydroxyl groups excluding tert-OH is 1. The van der Waals surface area contributed by atoms with Crippen LogP contribution in [0, 0.1) is 5.92 Å². The fourth-order valence-corrected chi connectivity index (χ4v) is 10.9. The zero-order valence-corrected chi connectivity index (χ0v) is 37.3. The number of nitrogens with one attached hydrogen (secondary N) is 3. The maximum absolute atomic E-state index is 14.1. The zero-order valence-electron chi connectivity index (χ0n) is 34.1. The summed E-state index contributed by atoms with van der Waals surface area (Å²) < 4.78 is 97.2. The number of sulfonamides is 1. The van der Waals surface area contributed by atoms with Crippen LogP contribution in [0.2, 0.25) is 5.02 Å². The molecule has 1 aliphatic carbocycles. The van der Waals surface area contributed by atoms with Crippen LogP contribution in [0.3, 0.4) is 0 Å². The van der Waals surface area contributed by atoms with Crippen LogP contribution in [0.25, 0.3) is 11.1 Å². The summed E-state index contributed by atoms with van der Waals surface area (Å²) in [6.07, 6.45) is 4.27. The second-order valence-corrected chi connectivity index (χ2v) is 20.9. The van der Waals surface area contributed by atoms with Crippen molar-refractivity contribution in [1.82, 2.24) is 10.0 Å². The molecule has 4 N–H and O–H groups in total. The van der Waals surface area contributed by atoms with Gasteiger partial charge < -0.3 is 20.6 Å². The fourth-order valence-electron chi connectivity index (χ4n) is 7.78. The summed E-state index contributed by atoms with van der Waals surface area (Å²) in [5, 5.41) is 18.5. The average Bonchev–Trinajstić information content (AvgIpc) is 3.26. The van der Waals surface area contributed by atoms with E-state index in [1.54, 1.807) is 12.1 Å². The van der Waals surface area contributed by atoms with Crippen molar-refractivity contribution in [2.24, 2.45) is 5.92 Å². The van der Waals surface area contributed by atoms with Crippen molar-refractivity contribution < 1.29 is 39.9 Å². The third-order valence-electron chi connectivity index (χ3n) is 11.6. The third kappa shape index (κ3) is 11.4. The largest absolute Gasteiger partial charge is 0.501 e. The van der Waals surface area contributed by atoms with Gasteiger partial charge >= 0.3 is 5.51 Å². The summed E-state index contributed by atoms with van der Waals surface area (Å²) in [6.45, 7) is 1.76. The zero-order chi connectivity index (χ0) is 44.8. The normalized spacial score (nSPS) is 16.2. The van der Waals surface area contributed by atoms with Gasteiger partial charge in [-0.25, -0.2) is 21.6 Å². The molecule has 0 bridgehead atoms. The highest BCUT2D eigenvalue weighted by Crippen LogP contribution is 2.39. The van der Waals surface area contributed by atoms with Crippen molar-refractivity contribution in [1.29, 1.82) is 0 Å². The van der Waals surface area contributed by atoms with Gasteiger partial charge in [0.1, 0.15) is 4.90 Å². The van der Waals surface area contributed by atoms with Gasteiger partial charge in [-0.05, 0) is 128 Å². The Bertz CT molecular complexity index is 2580. The van der Waals surface area contributed by atoms with E-state index >= 15 is 0 Å². The molecule has 17 heteroatoms. The van der Waals surface area contributed by atoms with Crippen molar-refractivity contribution in [2.45, 2.75) is 76.9 Å². The highest BCUT2D eigenvalue weighted by molar-refractivity contribution is 7.99. The van der Waals surface area contributed by atoms with Crippen molar-refractivity contribution >= 4 is 60.5 Å². The topological polar surface area (TPSA) is 145 Å².